The Labute approximate surface area is 38.5 Å². The normalized spacial score (nSPS) is 21.0. The minimum Gasteiger partial charge on any atom is -0.233 e. The van der Waals surface area contributed by atoms with Crippen molar-refractivity contribution in [1.29, 1.82) is 0 Å². The maximum atomic E-state index is 9.64. The third-order valence-corrected chi connectivity index (χ3v) is 0.524. The van der Waals surface area contributed by atoms with E-state index >= 15 is 0 Å². The zero-order valence-electron chi connectivity index (χ0n) is 2.90. The molecule has 0 aliphatic heterocycles. The van der Waals surface area contributed by atoms with E-state index in [0.717, 1.165) is 12.8 Å². The van der Waals surface area contributed by atoms with Crippen LogP contribution in [0.3, 0.4) is 0 Å². The van der Waals surface area contributed by atoms with Gasteiger partial charge >= 0.3 is 0 Å². The molecule has 2 heteroatoms. The minimum absolute atomic E-state index is 0. The summed E-state index contributed by atoms with van der Waals surface area (Å²) in [5.74, 6) is 0. The largest absolute Gasteiger partial charge is 0.233 e. The quantitative estimate of drug-likeness (QED) is 0.418. The number of hydrogen-bond acceptors (Lipinski definition) is 0. The fourth-order valence-electron chi connectivity index (χ4n) is 0.0680. The van der Waals surface area contributed by atoms with Gasteiger partial charge in [-0.3, -0.25) is 0 Å². The van der Waals surface area contributed by atoms with Gasteiger partial charge in [0.1, 0.15) is 0 Å². The first-order valence-corrected chi connectivity index (χ1v) is 1.55. The highest BCUT2D eigenvalue weighted by molar-refractivity contribution is 7.59. The van der Waals surface area contributed by atoms with E-state index in [4.69, 9.17) is 0 Å². The Hall–Kier alpha value is 0.310. The lowest BCUT2D eigenvalue weighted by Gasteiger charge is -1.50. The highest BCUT2D eigenvalue weighted by Crippen LogP contribution is 2.17. The third-order valence-electron chi connectivity index (χ3n) is 0.524. The highest BCUT2D eigenvalue weighted by Gasteiger charge is 2.18. The molecule has 0 amide bonds. The molecule has 0 bridgehead atoms. The summed E-state index contributed by atoms with van der Waals surface area (Å²) in [6, 6.07) is 0. The zero-order chi connectivity index (χ0) is 2.99. The van der Waals surface area contributed by atoms with E-state index in [1.165, 1.54) is 0 Å². The van der Waals surface area contributed by atoms with E-state index in [1.54, 1.807) is 0 Å². The highest BCUT2D eigenvalue weighted by atomic mass is 32.1. The van der Waals surface area contributed by atoms with Gasteiger partial charge in [-0.1, -0.05) is 0 Å². The number of rotatable bonds is 0. The Balaban J connectivity index is 0.000000160. The summed E-state index contributed by atoms with van der Waals surface area (Å²) in [5, 5.41) is 9.64. The summed E-state index contributed by atoms with van der Waals surface area (Å²) < 4.78 is 0. The molecule has 1 saturated carbocycles. The summed E-state index contributed by atoms with van der Waals surface area (Å²) in [6.45, 7) is 0. The fourth-order valence-corrected chi connectivity index (χ4v) is 0.0680. The lowest BCUT2D eigenvalue weighted by atomic mass is 10.9. The topological polar surface area (TPSA) is 19.9 Å². The molecule has 1 aliphatic rings. The van der Waals surface area contributed by atoms with Gasteiger partial charge in [0.2, 0.25) is 0 Å². The first-order chi connectivity index (χ1) is 1.89. The lowest BCUT2D eigenvalue weighted by molar-refractivity contribution is 0.175. The average molecular weight is 91.2 g/mol. The van der Waals surface area contributed by atoms with Crippen LogP contribution in [0.2, 0.25) is 0 Å². The van der Waals surface area contributed by atoms with Gasteiger partial charge in [0.15, 0.2) is 0 Å². The molecule has 0 aromatic heterocycles. The molecule has 5 heavy (non-hydrogen) atoms. The second-order valence-corrected chi connectivity index (χ2v) is 1.20. The van der Waals surface area contributed by atoms with E-state index < -0.39 is 0 Å². The van der Waals surface area contributed by atoms with Crippen LogP contribution in [0, 0.1) is 0 Å². The lowest BCUT2D eigenvalue weighted by Crippen LogP contribution is -1.60. The maximum absolute atomic E-state index is 9.64. The van der Waals surface area contributed by atoms with Crippen LogP contribution < -0.4 is 0 Å². The number of hydrogen-bond donors (Lipinski definition) is 0. The van der Waals surface area contributed by atoms with E-state index in [9.17, 15) is 5.11 Å². The van der Waals surface area contributed by atoms with E-state index in [2.05, 4.69) is 0 Å². The SMILES string of the molecule is S.[O]C1CC1. The Morgan fingerprint density at radius 1 is 1.40 bits per heavy atom. The summed E-state index contributed by atoms with van der Waals surface area (Å²) in [4.78, 5) is 0. The monoisotopic (exact) mass is 91.0 g/mol. The summed E-state index contributed by atoms with van der Waals surface area (Å²) in [5.41, 5.74) is 0. The molecule has 0 saturated heterocycles. The van der Waals surface area contributed by atoms with Gasteiger partial charge in [-0.2, -0.15) is 13.5 Å². The van der Waals surface area contributed by atoms with E-state index in [-0.39, 0.29) is 19.6 Å². The van der Waals surface area contributed by atoms with Gasteiger partial charge in [-0.25, -0.2) is 5.11 Å². The predicted molar refractivity (Wildman–Crippen MR) is 24.1 cm³/mol. The second kappa shape index (κ2) is 1.67. The van der Waals surface area contributed by atoms with Crippen LogP contribution in [0.15, 0.2) is 0 Å². The molecule has 0 aromatic carbocycles. The van der Waals surface area contributed by atoms with Crippen LogP contribution in [-0.2, 0) is 5.11 Å². The van der Waals surface area contributed by atoms with Crippen LogP contribution in [0.1, 0.15) is 12.8 Å². The van der Waals surface area contributed by atoms with Crippen molar-refractivity contribution in [2.24, 2.45) is 0 Å². The Kier molecular flexibility index (Phi) is 1.78. The summed E-state index contributed by atoms with van der Waals surface area (Å²) in [7, 11) is 0. The van der Waals surface area contributed by atoms with Gasteiger partial charge < -0.3 is 0 Å². The van der Waals surface area contributed by atoms with Crippen molar-refractivity contribution in [1.82, 2.24) is 0 Å². The molecular weight excluding hydrogens is 84.1 g/mol. The summed E-state index contributed by atoms with van der Waals surface area (Å²) in [6.07, 6.45) is 1.69. The van der Waals surface area contributed by atoms with Crippen LogP contribution in [0.5, 0.6) is 0 Å². The van der Waals surface area contributed by atoms with Gasteiger partial charge in [-0.05, 0) is 12.8 Å². The molecule has 0 atom stereocenters. The van der Waals surface area contributed by atoms with Crippen LogP contribution >= 0.6 is 13.5 Å². The zero-order valence-corrected chi connectivity index (χ0v) is 3.90. The Morgan fingerprint density at radius 2 is 1.60 bits per heavy atom. The van der Waals surface area contributed by atoms with Gasteiger partial charge in [-0.15, -0.1) is 0 Å². The van der Waals surface area contributed by atoms with E-state index in [0.29, 0.717) is 0 Å². The van der Waals surface area contributed by atoms with Gasteiger partial charge in [0.25, 0.3) is 0 Å². The molecule has 1 radical (unpaired) electrons. The van der Waals surface area contributed by atoms with Crippen molar-refractivity contribution in [3.05, 3.63) is 0 Å². The fraction of sp³-hybridized carbons (Fsp3) is 1.00. The standard InChI is InChI=1S/C3H5O.H2S/c4-3-1-2-3;/h3H,1-2H2;1H2. The molecule has 1 nitrogen and oxygen atoms in total. The molecule has 0 heterocycles. The van der Waals surface area contributed by atoms with Crippen LogP contribution in [-0.4, -0.2) is 6.10 Å². The van der Waals surface area contributed by atoms with Gasteiger partial charge in [0.05, 0.1) is 6.10 Å². The molecule has 1 fully saturated rings. The van der Waals surface area contributed by atoms with E-state index in [1.807, 2.05) is 0 Å². The molecule has 31 valence electrons. The van der Waals surface area contributed by atoms with Crippen LogP contribution in [0.25, 0.3) is 0 Å². The first-order valence-electron chi connectivity index (χ1n) is 1.55. The molecule has 0 unspecified atom stereocenters. The summed E-state index contributed by atoms with van der Waals surface area (Å²) >= 11 is 0. The predicted octanol–water partition coefficient (Wildman–Crippen LogP) is 0.692. The van der Waals surface area contributed by atoms with Crippen molar-refractivity contribution in [2.45, 2.75) is 18.9 Å². The average Bonchev–Trinajstić information content (AvgIpc) is 1.75. The first kappa shape index (κ1) is 5.31. The smallest absolute Gasteiger partial charge is 0.0932 e. The third kappa shape index (κ3) is 2.10. The van der Waals surface area contributed by atoms with Crippen molar-refractivity contribution in [3.8, 4) is 0 Å². The molecule has 0 aromatic rings. The van der Waals surface area contributed by atoms with Crippen molar-refractivity contribution in [3.63, 3.8) is 0 Å². The molecular formula is C3H7OS. The van der Waals surface area contributed by atoms with Crippen molar-refractivity contribution < 1.29 is 5.11 Å². The Morgan fingerprint density at radius 3 is 1.60 bits per heavy atom. The van der Waals surface area contributed by atoms with Crippen molar-refractivity contribution in [2.75, 3.05) is 0 Å². The molecule has 1 aliphatic carbocycles. The molecule has 0 spiro atoms. The maximum Gasteiger partial charge on any atom is 0.0932 e. The molecule has 1 rings (SSSR count). The van der Waals surface area contributed by atoms with Gasteiger partial charge in [0, 0.05) is 0 Å². The molecule has 0 N–H and O–H groups in total. The Bertz CT molecular complexity index is 26.1. The minimum atomic E-state index is -0.167. The van der Waals surface area contributed by atoms with Crippen molar-refractivity contribution >= 4 is 13.5 Å². The second-order valence-electron chi connectivity index (χ2n) is 1.20. The van der Waals surface area contributed by atoms with Crippen LogP contribution in [0.4, 0.5) is 0 Å².